The Morgan fingerprint density at radius 2 is 1.73 bits per heavy atom. The fourth-order valence-corrected chi connectivity index (χ4v) is 4.02. The molecule has 0 spiro atoms. The third-order valence-corrected chi connectivity index (χ3v) is 5.81. The van der Waals surface area contributed by atoms with E-state index in [9.17, 15) is 13.2 Å². The first-order chi connectivity index (χ1) is 15.7. The second kappa shape index (κ2) is 9.71. The van der Waals surface area contributed by atoms with Gasteiger partial charge in [0.1, 0.15) is 17.2 Å². The van der Waals surface area contributed by atoms with Gasteiger partial charge in [-0.1, -0.05) is 51.3 Å². The monoisotopic (exact) mass is 551 g/mol. The predicted molar refractivity (Wildman–Crippen MR) is 125 cm³/mol. The number of aromatic nitrogens is 2. The van der Waals surface area contributed by atoms with E-state index >= 15 is 0 Å². The van der Waals surface area contributed by atoms with Gasteiger partial charge in [0.2, 0.25) is 0 Å². The molecule has 9 heteroatoms. The third-order valence-electron chi connectivity index (χ3n) is 4.64. The number of alkyl halides is 3. The summed E-state index contributed by atoms with van der Waals surface area (Å²) in [6.07, 6.45) is -2.40. The smallest absolute Gasteiger partial charge is 0.416 e. The van der Waals surface area contributed by atoms with Gasteiger partial charge in [-0.05, 0) is 59.7 Å². The lowest BCUT2D eigenvalue weighted by Gasteiger charge is -2.12. The summed E-state index contributed by atoms with van der Waals surface area (Å²) in [4.78, 5) is 0. The molecule has 0 bridgehead atoms. The Hall–Kier alpha value is -2.61. The molecule has 0 fully saturated rings. The van der Waals surface area contributed by atoms with Gasteiger partial charge in [0.05, 0.1) is 16.8 Å². The van der Waals surface area contributed by atoms with Crippen molar-refractivity contribution in [2.45, 2.75) is 12.6 Å². The zero-order valence-electron chi connectivity index (χ0n) is 16.6. The molecule has 4 rings (SSSR count). The first-order valence-electron chi connectivity index (χ1n) is 9.52. The molecule has 0 aliphatic rings. The minimum atomic E-state index is -4.47. The van der Waals surface area contributed by atoms with Gasteiger partial charge in [-0.2, -0.15) is 18.3 Å². The van der Waals surface area contributed by atoms with Crippen molar-refractivity contribution in [3.63, 3.8) is 0 Å². The normalized spacial score (nSPS) is 11.5. The molecule has 33 heavy (non-hydrogen) atoms. The Kier molecular flexibility index (Phi) is 6.93. The first-order valence-corrected chi connectivity index (χ1v) is 11.1. The fraction of sp³-hybridized carbons (Fsp3) is 0.0833. The molecular weight excluding hydrogens is 540 g/mol. The van der Waals surface area contributed by atoms with E-state index in [2.05, 4.69) is 32.2 Å². The maximum atomic E-state index is 13.0. The topological polar surface area (TPSA) is 35.0 Å². The van der Waals surface area contributed by atoms with Crippen LogP contribution in [-0.2, 0) is 12.6 Å². The van der Waals surface area contributed by atoms with E-state index in [0.29, 0.717) is 33.5 Å². The van der Waals surface area contributed by atoms with Gasteiger partial charge in [0, 0.05) is 27.5 Å². The molecule has 1 heterocycles. The number of benzene rings is 3. The van der Waals surface area contributed by atoms with E-state index < -0.39 is 11.7 Å². The van der Waals surface area contributed by atoms with E-state index in [1.165, 1.54) is 12.1 Å². The highest BCUT2D eigenvalue weighted by atomic mass is 79.9. The summed E-state index contributed by atoms with van der Waals surface area (Å²) < 4.78 is 45.5. The molecule has 0 aliphatic carbocycles. The van der Waals surface area contributed by atoms with Crippen molar-refractivity contribution in [2.24, 2.45) is 0 Å². The molecule has 0 unspecified atom stereocenters. The molecule has 4 aromatic rings. The van der Waals surface area contributed by atoms with Crippen LogP contribution in [0.2, 0.25) is 10.0 Å². The van der Waals surface area contributed by atoms with Crippen LogP contribution in [0.1, 0.15) is 16.7 Å². The quantitative estimate of drug-likeness (QED) is 0.249. The molecule has 0 aliphatic heterocycles. The minimum Gasteiger partial charge on any atom is -0.457 e. The van der Waals surface area contributed by atoms with Gasteiger partial charge >= 0.3 is 6.18 Å². The number of rotatable bonds is 5. The predicted octanol–water partition coefficient (Wildman–Crippen LogP) is 8.41. The molecule has 0 N–H and O–H groups in total. The summed E-state index contributed by atoms with van der Waals surface area (Å²) in [7, 11) is 0. The van der Waals surface area contributed by atoms with Crippen LogP contribution in [0, 0.1) is 6.07 Å². The number of hydrogen-bond donors (Lipinski definition) is 0. The second-order valence-electron chi connectivity index (χ2n) is 7.03. The van der Waals surface area contributed by atoms with E-state index in [-0.39, 0.29) is 5.75 Å². The van der Waals surface area contributed by atoms with Crippen LogP contribution in [0.3, 0.4) is 0 Å². The molecule has 167 valence electrons. The largest absolute Gasteiger partial charge is 0.457 e. The van der Waals surface area contributed by atoms with Crippen molar-refractivity contribution in [2.75, 3.05) is 0 Å². The number of nitrogens with zero attached hydrogens (tertiary/aromatic N) is 2. The zero-order chi connectivity index (χ0) is 23.6. The molecule has 3 aromatic carbocycles. The van der Waals surface area contributed by atoms with Crippen LogP contribution in [0.4, 0.5) is 13.2 Å². The van der Waals surface area contributed by atoms with Crippen LogP contribution in [0.5, 0.6) is 11.5 Å². The molecular formula is C24H13BrCl2F3N2O. The molecule has 1 aromatic heterocycles. The van der Waals surface area contributed by atoms with Gasteiger partial charge in [-0.15, -0.1) is 5.10 Å². The van der Waals surface area contributed by atoms with Crippen molar-refractivity contribution in [1.82, 2.24) is 10.2 Å². The van der Waals surface area contributed by atoms with Crippen molar-refractivity contribution >= 4 is 39.1 Å². The van der Waals surface area contributed by atoms with Crippen LogP contribution < -0.4 is 4.74 Å². The van der Waals surface area contributed by atoms with Crippen molar-refractivity contribution in [3.05, 3.63) is 104 Å². The van der Waals surface area contributed by atoms with Crippen LogP contribution in [0.15, 0.2) is 71.3 Å². The van der Waals surface area contributed by atoms with Gasteiger partial charge in [0.15, 0.2) is 0 Å². The summed E-state index contributed by atoms with van der Waals surface area (Å²) in [5.41, 5.74) is 1.69. The second-order valence-corrected chi connectivity index (χ2v) is 8.76. The van der Waals surface area contributed by atoms with Crippen LogP contribution >= 0.6 is 39.1 Å². The van der Waals surface area contributed by atoms with Crippen molar-refractivity contribution in [1.29, 1.82) is 0 Å². The lowest BCUT2D eigenvalue weighted by atomic mass is 10.0. The highest BCUT2D eigenvalue weighted by molar-refractivity contribution is 9.10. The number of halogens is 6. The molecule has 1 radical (unpaired) electrons. The highest BCUT2D eigenvalue weighted by Gasteiger charge is 2.30. The van der Waals surface area contributed by atoms with Gasteiger partial charge in [-0.25, -0.2) is 0 Å². The van der Waals surface area contributed by atoms with E-state index in [0.717, 1.165) is 27.7 Å². The Bertz CT molecular complexity index is 1320. The Morgan fingerprint density at radius 1 is 0.939 bits per heavy atom. The average Bonchev–Trinajstić information content (AvgIpc) is 2.77. The summed E-state index contributed by atoms with van der Waals surface area (Å²) in [6.45, 7) is 0. The van der Waals surface area contributed by atoms with E-state index in [4.69, 9.17) is 27.9 Å². The molecule has 0 saturated heterocycles. The SMILES string of the molecule is FC(F)(F)c1cccc(Oc2ccc(Cl)c(-c3[c]c(Cc4ccc(Br)cc4Cl)cnn3)c2)c1. The molecule has 0 amide bonds. The molecule has 0 atom stereocenters. The summed E-state index contributed by atoms with van der Waals surface area (Å²) in [5, 5.41) is 9.12. The van der Waals surface area contributed by atoms with Gasteiger partial charge in [0.25, 0.3) is 0 Å². The molecule has 0 saturated carbocycles. The van der Waals surface area contributed by atoms with Crippen molar-refractivity contribution in [3.8, 4) is 22.8 Å². The van der Waals surface area contributed by atoms with Gasteiger partial charge < -0.3 is 4.74 Å². The average molecular weight is 553 g/mol. The maximum absolute atomic E-state index is 13.0. The Labute approximate surface area is 206 Å². The summed E-state index contributed by atoms with van der Waals surface area (Å²) >= 11 is 16.0. The molecule has 3 nitrogen and oxygen atoms in total. The zero-order valence-corrected chi connectivity index (χ0v) is 19.7. The van der Waals surface area contributed by atoms with Crippen LogP contribution in [0.25, 0.3) is 11.3 Å². The fourth-order valence-electron chi connectivity index (χ4n) is 3.07. The van der Waals surface area contributed by atoms with Crippen LogP contribution in [-0.4, -0.2) is 10.2 Å². The summed E-state index contributed by atoms with van der Waals surface area (Å²) in [6, 6.07) is 18.1. The van der Waals surface area contributed by atoms with E-state index in [1.54, 1.807) is 30.5 Å². The standard InChI is InChI=1S/C24H13BrCl2F3N2O/c25-17-5-4-15(22(27)11-17)8-14-9-23(32-31-13-14)20-12-19(6-7-21(20)26)33-18-3-1-2-16(10-18)24(28,29)30/h1-7,10-13H,8H2. The number of ether oxygens (including phenoxy) is 1. The highest BCUT2D eigenvalue weighted by Crippen LogP contribution is 2.35. The lowest BCUT2D eigenvalue weighted by molar-refractivity contribution is -0.137. The summed E-state index contributed by atoms with van der Waals surface area (Å²) in [5.74, 6) is 0.345. The minimum absolute atomic E-state index is 0.0480. The maximum Gasteiger partial charge on any atom is 0.416 e. The lowest BCUT2D eigenvalue weighted by Crippen LogP contribution is -2.04. The Balaban J connectivity index is 1.61. The van der Waals surface area contributed by atoms with Crippen molar-refractivity contribution < 1.29 is 17.9 Å². The first kappa shape index (κ1) is 23.5. The van der Waals surface area contributed by atoms with Gasteiger partial charge in [-0.3, -0.25) is 0 Å². The Morgan fingerprint density at radius 3 is 2.48 bits per heavy atom. The number of hydrogen-bond acceptors (Lipinski definition) is 3. The van der Waals surface area contributed by atoms with E-state index in [1.807, 2.05) is 12.1 Å². The third kappa shape index (κ3) is 5.85.